The van der Waals surface area contributed by atoms with Gasteiger partial charge in [-0.15, -0.1) is 0 Å². The molecule has 1 saturated heterocycles. The maximum Gasteiger partial charge on any atom is 0.241 e. The molecule has 0 radical (unpaired) electrons. The van der Waals surface area contributed by atoms with E-state index in [1.54, 1.807) is 33.5 Å². The number of benzene rings is 2. The average Bonchev–Trinajstić information content (AvgIpc) is 3.34. The van der Waals surface area contributed by atoms with Crippen LogP contribution in [0.2, 0.25) is 5.02 Å². The summed E-state index contributed by atoms with van der Waals surface area (Å²) in [6, 6.07) is 11.0. The van der Waals surface area contributed by atoms with E-state index in [4.69, 9.17) is 30.3 Å². The molecule has 1 fully saturated rings. The lowest BCUT2D eigenvalue weighted by Gasteiger charge is -2.31. The van der Waals surface area contributed by atoms with Gasteiger partial charge in [0, 0.05) is 24.2 Å². The summed E-state index contributed by atoms with van der Waals surface area (Å²) >= 11 is 6.24. The lowest BCUT2D eigenvalue weighted by atomic mass is 9.97. The van der Waals surface area contributed by atoms with Crippen LogP contribution in [0.15, 0.2) is 40.9 Å². The van der Waals surface area contributed by atoms with Crippen molar-refractivity contribution in [3.8, 4) is 28.6 Å². The molecule has 10 heteroatoms. The monoisotopic (exact) mass is 500 g/mol. The van der Waals surface area contributed by atoms with Gasteiger partial charge < -0.3 is 24.1 Å². The van der Waals surface area contributed by atoms with E-state index in [1.807, 2.05) is 24.3 Å². The van der Waals surface area contributed by atoms with Crippen LogP contribution in [0, 0.1) is 5.92 Å². The number of hydrogen-bond donors (Lipinski definition) is 1. The molecule has 0 spiro atoms. The van der Waals surface area contributed by atoms with Gasteiger partial charge in [-0.3, -0.25) is 9.69 Å². The van der Waals surface area contributed by atoms with Gasteiger partial charge in [-0.2, -0.15) is 4.98 Å². The summed E-state index contributed by atoms with van der Waals surface area (Å²) in [5.74, 6) is 2.43. The fraction of sp³-hybridized carbons (Fsp3) is 0.400. The van der Waals surface area contributed by atoms with Crippen molar-refractivity contribution in [3.63, 3.8) is 0 Å². The largest absolute Gasteiger partial charge is 0.493 e. The van der Waals surface area contributed by atoms with Gasteiger partial charge in [0.1, 0.15) is 0 Å². The van der Waals surface area contributed by atoms with Crippen molar-refractivity contribution in [3.05, 3.63) is 52.9 Å². The summed E-state index contributed by atoms with van der Waals surface area (Å²) in [7, 11) is 4.69. The lowest BCUT2D eigenvalue weighted by Crippen LogP contribution is -2.42. The molecule has 0 bridgehead atoms. The predicted octanol–water partition coefficient (Wildman–Crippen LogP) is 3.94. The Morgan fingerprint density at radius 1 is 1.14 bits per heavy atom. The van der Waals surface area contributed by atoms with E-state index in [0.29, 0.717) is 53.6 Å². The van der Waals surface area contributed by atoms with E-state index in [-0.39, 0.29) is 11.8 Å². The number of likely N-dealkylation sites (tertiary alicyclic amines) is 1. The summed E-state index contributed by atoms with van der Waals surface area (Å²) in [6.45, 7) is 2.27. The molecule has 35 heavy (non-hydrogen) atoms. The van der Waals surface area contributed by atoms with Crippen molar-refractivity contribution >= 4 is 17.5 Å². The van der Waals surface area contributed by atoms with Gasteiger partial charge >= 0.3 is 0 Å². The highest BCUT2D eigenvalue weighted by molar-refractivity contribution is 6.33. The van der Waals surface area contributed by atoms with Crippen molar-refractivity contribution in [1.29, 1.82) is 0 Å². The van der Waals surface area contributed by atoms with Crippen LogP contribution < -0.4 is 19.5 Å². The average molecular weight is 501 g/mol. The number of ether oxygens (including phenoxy) is 3. The molecule has 1 atom stereocenters. The van der Waals surface area contributed by atoms with E-state index in [2.05, 4.69) is 20.4 Å². The van der Waals surface area contributed by atoms with E-state index >= 15 is 0 Å². The summed E-state index contributed by atoms with van der Waals surface area (Å²) in [5.41, 5.74) is 1.54. The number of amides is 1. The summed E-state index contributed by atoms with van der Waals surface area (Å²) in [5, 5.41) is 7.68. The summed E-state index contributed by atoms with van der Waals surface area (Å²) in [6.07, 6.45) is 1.73. The van der Waals surface area contributed by atoms with Gasteiger partial charge in [-0.05, 0) is 43.7 Å². The Hall–Kier alpha value is -3.30. The molecule has 1 amide bonds. The van der Waals surface area contributed by atoms with Gasteiger partial charge in [0.05, 0.1) is 38.8 Å². The Morgan fingerprint density at radius 2 is 1.94 bits per heavy atom. The van der Waals surface area contributed by atoms with Crippen molar-refractivity contribution in [2.24, 2.45) is 5.92 Å². The molecule has 186 valence electrons. The Bertz CT molecular complexity index is 1170. The van der Waals surface area contributed by atoms with Crippen molar-refractivity contribution in [2.75, 3.05) is 34.4 Å². The van der Waals surface area contributed by atoms with Crippen LogP contribution in [0.4, 0.5) is 0 Å². The van der Waals surface area contributed by atoms with Crippen LogP contribution >= 0.6 is 11.6 Å². The SMILES string of the molecule is COc1ccc(CNC(=O)C2CCCN(Cc3nc(-c4ccccc4Cl)no3)C2)c(OC)c1OC. The smallest absolute Gasteiger partial charge is 0.241 e. The predicted molar refractivity (Wildman–Crippen MR) is 131 cm³/mol. The molecule has 1 aliphatic rings. The second-order valence-electron chi connectivity index (χ2n) is 8.28. The van der Waals surface area contributed by atoms with Crippen LogP contribution in [0.25, 0.3) is 11.4 Å². The maximum absolute atomic E-state index is 13.0. The first-order valence-electron chi connectivity index (χ1n) is 11.4. The number of nitrogens with zero attached hydrogens (tertiary/aromatic N) is 3. The van der Waals surface area contributed by atoms with Crippen LogP contribution in [0.1, 0.15) is 24.3 Å². The fourth-order valence-corrected chi connectivity index (χ4v) is 4.52. The van der Waals surface area contributed by atoms with Crippen LogP contribution in [0.5, 0.6) is 17.2 Å². The first-order chi connectivity index (χ1) is 17.0. The molecule has 2 aromatic carbocycles. The van der Waals surface area contributed by atoms with E-state index in [1.165, 1.54) is 0 Å². The van der Waals surface area contributed by atoms with Crippen molar-refractivity contribution < 1.29 is 23.5 Å². The van der Waals surface area contributed by atoms with Gasteiger partial charge in [0.15, 0.2) is 11.5 Å². The zero-order chi connectivity index (χ0) is 24.8. The zero-order valence-electron chi connectivity index (χ0n) is 20.0. The summed E-state index contributed by atoms with van der Waals surface area (Å²) in [4.78, 5) is 19.6. The molecule has 0 saturated carbocycles. The molecule has 9 nitrogen and oxygen atoms in total. The highest BCUT2D eigenvalue weighted by atomic mass is 35.5. The molecule has 1 unspecified atom stereocenters. The third-order valence-corrected chi connectivity index (χ3v) is 6.39. The minimum Gasteiger partial charge on any atom is -0.493 e. The Kier molecular flexibility index (Phi) is 8.09. The minimum absolute atomic E-state index is 0.00572. The number of halogens is 1. The maximum atomic E-state index is 13.0. The highest BCUT2D eigenvalue weighted by Gasteiger charge is 2.27. The van der Waals surface area contributed by atoms with E-state index in [9.17, 15) is 4.79 Å². The van der Waals surface area contributed by atoms with Gasteiger partial charge in [0.2, 0.25) is 23.4 Å². The topological polar surface area (TPSA) is 99.0 Å². The number of rotatable bonds is 9. The standard InChI is InChI=1S/C25H29ClN4O5/c1-32-20-11-10-16(22(33-2)23(20)34-3)13-27-25(31)17-7-6-12-30(14-17)15-21-28-24(29-35-21)18-8-4-5-9-19(18)26/h4-5,8-11,17H,6-7,12-15H2,1-3H3,(H,27,31). The van der Waals surface area contributed by atoms with E-state index < -0.39 is 0 Å². The molecular formula is C25H29ClN4O5. The first kappa shape index (κ1) is 24.8. The van der Waals surface area contributed by atoms with Gasteiger partial charge in [-0.1, -0.05) is 28.9 Å². The molecular weight excluding hydrogens is 472 g/mol. The molecule has 0 aliphatic carbocycles. The second-order valence-corrected chi connectivity index (χ2v) is 8.68. The normalized spacial score (nSPS) is 16.1. The third-order valence-electron chi connectivity index (χ3n) is 6.06. The highest BCUT2D eigenvalue weighted by Crippen LogP contribution is 2.39. The zero-order valence-corrected chi connectivity index (χ0v) is 20.8. The fourth-order valence-electron chi connectivity index (χ4n) is 4.30. The number of aromatic nitrogens is 2. The quantitative estimate of drug-likeness (QED) is 0.471. The Morgan fingerprint density at radius 3 is 2.69 bits per heavy atom. The number of methoxy groups -OCH3 is 3. The number of hydrogen-bond acceptors (Lipinski definition) is 8. The van der Waals surface area contributed by atoms with Crippen LogP contribution in [-0.2, 0) is 17.9 Å². The number of piperidine rings is 1. The second kappa shape index (κ2) is 11.4. The lowest BCUT2D eigenvalue weighted by molar-refractivity contribution is -0.127. The third kappa shape index (κ3) is 5.68. The molecule has 3 aromatic rings. The van der Waals surface area contributed by atoms with Crippen LogP contribution in [0.3, 0.4) is 0 Å². The van der Waals surface area contributed by atoms with Crippen molar-refractivity contribution in [2.45, 2.75) is 25.9 Å². The molecule has 1 N–H and O–H groups in total. The van der Waals surface area contributed by atoms with Gasteiger partial charge in [0.25, 0.3) is 0 Å². The molecule has 2 heterocycles. The molecule has 1 aliphatic heterocycles. The molecule has 1 aromatic heterocycles. The Labute approximate surface area is 209 Å². The van der Waals surface area contributed by atoms with Crippen LogP contribution in [-0.4, -0.2) is 55.4 Å². The van der Waals surface area contributed by atoms with Gasteiger partial charge in [-0.25, -0.2) is 0 Å². The van der Waals surface area contributed by atoms with E-state index in [0.717, 1.165) is 30.5 Å². The summed E-state index contributed by atoms with van der Waals surface area (Å²) < 4.78 is 21.7. The number of nitrogens with one attached hydrogen (secondary N) is 1. The first-order valence-corrected chi connectivity index (χ1v) is 11.8. The molecule has 4 rings (SSSR count). The number of carbonyl (C=O) groups is 1. The minimum atomic E-state index is -0.138. The van der Waals surface area contributed by atoms with Crippen molar-refractivity contribution in [1.82, 2.24) is 20.4 Å². The number of carbonyl (C=O) groups excluding carboxylic acids is 1. The Balaban J connectivity index is 1.36.